The fourth-order valence-corrected chi connectivity index (χ4v) is 5.31. The summed E-state index contributed by atoms with van der Waals surface area (Å²) in [6.07, 6.45) is 3.40. The Balaban J connectivity index is 1.09. The molecule has 3 aromatic carbocycles. The number of para-hydroxylation sites is 1. The molecule has 5 aromatic rings. The van der Waals surface area contributed by atoms with E-state index in [1.165, 1.54) is 5.56 Å². The molecule has 7 heteroatoms. The van der Waals surface area contributed by atoms with Crippen molar-refractivity contribution in [2.24, 2.45) is 0 Å². The molecule has 3 heterocycles. The number of fused-ring (bicyclic) bond motifs is 1. The van der Waals surface area contributed by atoms with Crippen LogP contribution in [0.25, 0.3) is 22.0 Å². The number of aromatic nitrogens is 2. The van der Waals surface area contributed by atoms with E-state index >= 15 is 0 Å². The lowest BCUT2D eigenvalue weighted by Crippen LogP contribution is -2.48. The van der Waals surface area contributed by atoms with Gasteiger partial charge in [-0.2, -0.15) is 0 Å². The highest BCUT2D eigenvalue weighted by molar-refractivity contribution is 6.05. The molecule has 1 aliphatic heterocycles. The quantitative estimate of drug-likeness (QED) is 0.228. The predicted octanol–water partition coefficient (Wildman–Crippen LogP) is 6.92. The molecule has 1 fully saturated rings. The normalized spacial score (nSPS) is 13.2. The average molecular weight is 556 g/mol. The second-order valence-corrected chi connectivity index (χ2v) is 11.1. The minimum Gasteiger partial charge on any atom is -0.368 e. The maximum Gasteiger partial charge on any atom is 0.257 e. The van der Waals surface area contributed by atoms with Gasteiger partial charge < -0.3 is 15.5 Å². The van der Waals surface area contributed by atoms with Crippen LogP contribution in [0.3, 0.4) is 0 Å². The summed E-state index contributed by atoms with van der Waals surface area (Å²) in [5.74, 6) is 0.713. The lowest BCUT2D eigenvalue weighted by atomic mass is 9.89. The van der Waals surface area contributed by atoms with Crippen LogP contribution >= 0.6 is 0 Å². The molecule has 6 rings (SSSR count). The molecule has 1 aliphatic rings. The first-order valence-corrected chi connectivity index (χ1v) is 14.2. The summed E-state index contributed by atoms with van der Waals surface area (Å²) in [4.78, 5) is 36.8. The number of pyridine rings is 2. The smallest absolute Gasteiger partial charge is 0.257 e. The van der Waals surface area contributed by atoms with E-state index in [1.54, 1.807) is 24.4 Å². The van der Waals surface area contributed by atoms with Crippen LogP contribution in [0.4, 0.5) is 11.5 Å². The summed E-state index contributed by atoms with van der Waals surface area (Å²) >= 11 is 0. The summed E-state index contributed by atoms with van der Waals surface area (Å²) in [6.45, 7) is 7.30. The van der Waals surface area contributed by atoms with Crippen LogP contribution in [-0.2, 0) is 0 Å². The Morgan fingerprint density at radius 1 is 0.881 bits per heavy atom. The molecule has 0 bridgehead atoms. The van der Waals surface area contributed by atoms with Gasteiger partial charge in [0.05, 0.1) is 11.1 Å². The number of anilines is 2. The van der Waals surface area contributed by atoms with Crippen molar-refractivity contribution in [2.45, 2.75) is 32.7 Å². The number of hydrogen-bond donors (Lipinski definition) is 2. The Hall–Kier alpha value is -5.04. The van der Waals surface area contributed by atoms with Gasteiger partial charge in [0, 0.05) is 54.1 Å². The molecule has 210 valence electrons. The molecule has 0 unspecified atom stereocenters. The molecule has 0 radical (unpaired) electrons. The van der Waals surface area contributed by atoms with Gasteiger partial charge in [-0.3, -0.25) is 14.6 Å². The van der Waals surface area contributed by atoms with Crippen molar-refractivity contribution in [3.05, 3.63) is 120 Å². The van der Waals surface area contributed by atoms with Gasteiger partial charge in [-0.1, -0.05) is 48.5 Å². The zero-order valence-electron chi connectivity index (χ0n) is 24.0. The van der Waals surface area contributed by atoms with E-state index in [4.69, 9.17) is 0 Å². The van der Waals surface area contributed by atoms with E-state index in [-0.39, 0.29) is 17.9 Å². The van der Waals surface area contributed by atoms with Crippen LogP contribution in [0, 0.1) is 6.92 Å². The highest BCUT2D eigenvalue weighted by atomic mass is 16.2. The molecule has 42 heavy (non-hydrogen) atoms. The van der Waals surface area contributed by atoms with Crippen LogP contribution < -0.4 is 10.6 Å². The predicted molar refractivity (Wildman–Crippen MR) is 168 cm³/mol. The monoisotopic (exact) mass is 555 g/mol. The number of carbonyl (C=O) groups excluding carboxylic acids is 2. The third kappa shape index (κ3) is 5.59. The van der Waals surface area contributed by atoms with Crippen molar-refractivity contribution >= 4 is 34.2 Å². The number of aryl methyl sites for hydroxylation is 1. The van der Waals surface area contributed by atoms with Gasteiger partial charge >= 0.3 is 0 Å². The van der Waals surface area contributed by atoms with Gasteiger partial charge in [0.2, 0.25) is 0 Å². The van der Waals surface area contributed by atoms with E-state index in [1.807, 2.05) is 62.2 Å². The van der Waals surface area contributed by atoms with E-state index in [0.29, 0.717) is 35.8 Å². The van der Waals surface area contributed by atoms with Crippen LogP contribution in [0.1, 0.15) is 51.6 Å². The van der Waals surface area contributed by atoms with E-state index < -0.39 is 0 Å². The molecule has 0 spiro atoms. The summed E-state index contributed by atoms with van der Waals surface area (Å²) in [5, 5.41) is 7.29. The first-order chi connectivity index (χ1) is 20.4. The van der Waals surface area contributed by atoms with Crippen molar-refractivity contribution in [2.75, 3.05) is 23.7 Å². The lowest BCUT2D eigenvalue weighted by molar-refractivity contribution is 0.0602. The Bertz CT molecular complexity index is 1750. The molecular formula is C35H33N5O2. The molecule has 2 amide bonds. The Kier molecular flexibility index (Phi) is 7.40. The zero-order chi connectivity index (χ0) is 29.2. The number of hydrogen-bond acceptors (Lipinski definition) is 5. The van der Waals surface area contributed by atoms with Gasteiger partial charge in [-0.05, 0) is 79.4 Å². The van der Waals surface area contributed by atoms with Gasteiger partial charge in [-0.25, -0.2) is 4.98 Å². The largest absolute Gasteiger partial charge is 0.368 e. The zero-order valence-corrected chi connectivity index (χ0v) is 24.0. The number of nitrogens with zero attached hydrogens (tertiary/aromatic N) is 3. The maximum absolute atomic E-state index is 13.3. The summed E-state index contributed by atoms with van der Waals surface area (Å²) in [6, 6.07) is 28.1. The average Bonchev–Trinajstić information content (AvgIpc) is 2.97. The minimum absolute atomic E-state index is 0.0348. The fourth-order valence-electron chi connectivity index (χ4n) is 5.31. The summed E-state index contributed by atoms with van der Waals surface area (Å²) < 4.78 is 0. The Labute approximate surface area is 245 Å². The minimum atomic E-state index is -0.265. The van der Waals surface area contributed by atoms with Gasteiger partial charge in [0.1, 0.15) is 5.82 Å². The van der Waals surface area contributed by atoms with Crippen molar-refractivity contribution in [1.29, 1.82) is 0 Å². The summed E-state index contributed by atoms with van der Waals surface area (Å²) in [5.41, 5.74) is 7.03. The van der Waals surface area contributed by atoms with Crippen molar-refractivity contribution in [1.82, 2.24) is 14.9 Å². The summed E-state index contributed by atoms with van der Waals surface area (Å²) in [7, 11) is 0. The fraction of sp³-hybridized carbons (Fsp3) is 0.200. The Morgan fingerprint density at radius 3 is 2.38 bits per heavy atom. The number of rotatable bonds is 7. The van der Waals surface area contributed by atoms with Gasteiger partial charge in [-0.15, -0.1) is 0 Å². The number of carbonyl (C=O) groups is 2. The first kappa shape index (κ1) is 27.1. The SMILES string of the molecule is Cc1ccc(C(=O)N2CC(c3ccc(-c4ccnc5ccccc45)cc3)C2)cc1NC(=O)c1ccc(NC(C)C)nc1. The second-order valence-electron chi connectivity index (χ2n) is 11.1. The van der Waals surface area contributed by atoms with E-state index in [9.17, 15) is 9.59 Å². The lowest BCUT2D eigenvalue weighted by Gasteiger charge is -2.39. The number of benzene rings is 3. The third-order valence-electron chi connectivity index (χ3n) is 7.71. The first-order valence-electron chi connectivity index (χ1n) is 14.2. The number of likely N-dealkylation sites (tertiary alicyclic amines) is 1. The Morgan fingerprint density at radius 2 is 1.64 bits per heavy atom. The van der Waals surface area contributed by atoms with Crippen LogP contribution in [0.5, 0.6) is 0 Å². The molecule has 2 aromatic heterocycles. The topological polar surface area (TPSA) is 87.2 Å². The standard InChI is InChI=1S/C35H33N5O2/c1-22(2)38-33-15-14-27(19-37-33)34(41)39-32-18-26(9-8-23(32)3)35(42)40-20-28(21-40)24-10-12-25(13-11-24)29-16-17-36-31-7-5-4-6-30(29)31/h4-19,22,28H,20-21H2,1-3H3,(H,37,38)(H,39,41). The van der Waals surface area contributed by atoms with Gasteiger partial charge in [0.15, 0.2) is 0 Å². The molecular weight excluding hydrogens is 522 g/mol. The number of nitrogens with one attached hydrogen (secondary N) is 2. The van der Waals surface area contributed by atoms with Crippen molar-refractivity contribution in [3.8, 4) is 11.1 Å². The van der Waals surface area contributed by atoms with Crippen LogP contribution in [0.2, 0.25) is 0 Å². The van der Waals surface area contributed by atoms with Crippen LogP contribution in [-0.4, -0.2) is 45.8 Å². The number of amides is 2. The van der Waals surface area contributed by atoms with Crippen LogP contribution in [0.15, 0.2) is 97.3 Å². The highest BCUT2D eigenvalue weighted by Crippen LogP contribution is 2.32. The molecule has 7 nitrogen and oxygen atoms in total. The molecule has 0 aliphatic carbocycles. The van der Waals surface area contributed by atoms with Gasteiger partial charge in [0.25, 0.3) is 11.8 Å². The van der Waals surface area contributed by atoms with Crippen molar-refractivity contribution < 1.29 is 9.59 Å². The molecule has 0 atom stereocenters. The second kappa shape index (κ2) is 11.4. The maximum atomic E-state index is 13.3. The van der Waals surface area contributed by atoms with E-state index in [2.05, 4.69) is 57.0 Å². The van der Waals surface area contributed by atoms with E-state index in [0.717, 1.165) is 33.4 Å². The molecule has 2 N–H and O–H groups in total. The van der Waals surface area contributed by atoms with Crippen molar-refractivity contribution in [3.63, 3.8) is 0 Å². The highest BCUT2D eigenvalue weighted by Gasteiger charge is 2.32. The molecule has 0 saturated carbocycles. The molecule has 1 saturated heterocycles. The third-order valence-corrected chi connectivity index (χ3v) is 7.71.